The number of nitro groups is 1. The molecule has 16 heavy (non-hydrogen) atoms. The van der Waals surface area contributed by atoms with Crippen LogP contribution in [-0.2, 0) is 0 Å². The maximum atomic E-state index is 13.6. The van der Waals surface area contributed by atoms with E-state index >= 15 is 0 Å². The van der Waals surface area contributed by atoms with Crippen molar-refractivity contribution in [3.8, 4) is 5.75 Å². The normalized spacial score (nSPS) is 10.1. The lowest BCUT2D eigenvalue weighted by molar-refractivity contribution is -0.383. The summed E-state index contributed by atoms with van der Waals surface area (Å²) in [5.74, 6) is -1.51. The fourth-order valence-corrected chi connectivity index (χ4v) is 1.74. The van der Waals surface area contributed by atoms with E-state index in [2.05, 4.69) is 20.7 Å². The standard InChI is InChI=1S/C7H6BBrFNO5/c1-16-7-3(9)2-4(11(14)15)5(6(7)10)8(12)13/h2,12-13H,1H3. The predicted octanol–water partition coefficient (Wildman–Crippen LogP) is 0.185. The zero-order valence-corrected chi connectivity index (χ0v) is 9.56. The van der Waals surface area contributed by atoms with Crippen molar-refractivity contribution in [3.05, 3.63) is 26.5 Å². The van der Waals surface area contributed by atoms with Gasteiger partial charge in [-0.25, -0.2) is 4.39 Å². The molecule has 2 N–H and O–H groups in total. The number of rotatable bonds is 3. The molecule has 1 aromatic rings. The van der Waals surface area contributed by atoms with Gasteiger partial charge in [0, 0.05) is 6.07 Å². The van der Waals surface area contributed by atoms with Gasteiger partial charge in [0.1, 0.15) is 0 Å². The molecule has 0 aliphatic rings. The van der Waals surface area contributed by atoms with Gasteiger partial charge in [-0.05, 0) is 15.9 Å². The molecule has 0 unspecified atom stereocenters. The largest absolute Gasteiger partial charge is 0.498 e. The van der Waals surface area contributed by atoms with E-state index in [9.17, 15) is 14.5 Å². The SMILES string of the molecule is COc1c(Br)cc([N+](=O)[O-])c(B(O)O)c1F. The highest BCUT2D eigenvalue weighted by Gasteiger charge is 2.32. The van der Waals surface area contributed by atoms with Crippen LogP contribution in [0.4, 0.5) is 10.1 Å². The third kappa shape index (κ3) is 2.15. The number of benzene rings is 1. The Morgan fingerprint density at radius 2 is 2.19 bits per heavy atom. The lowest BCUT2D eigenvalue weighted by atomic mass is 9.78. The van der Waals surface area contributed by atoms with Crippen LogP contribution in [0.3, 0.4) is 0 Å². The van der Waals surface area contributed by atoms with Crippen LogP contribution in [0.1, 0.15) is 0 Å². The maximum absolute atomic E-state index is 13.6. The van der Waals surface area contributed by atoms with Crippen molar-refractivity contribution < 1.29 is 24.1 Å². The lowest BCUT2D eigenvalue weighted by Crippen LogP contribution is -2.35. The Labute approximate surface area is 98.1 Å². The highest BCUT2D eigenvalue weighted by atomic mass is 79.9. The first kappa shape index (κ1) is 12.9. The van der Waals surface area contributed by atoms with Gasteiger partial charge in [0.25, 0.3) is 5.69 Å². The molecule has 0 saturated heterocycles. The van der Waals surface area contributed by atoms with Gasteiger partial charge in [-0.3, -0.25) is 10.1 Å². The quantitative estimate of drug-likeness (QED) is 0.471. The van der Waals surface area contributed by atoms with Crippen molar-refractivity contribution >= 4 is 34.2 Å². The van der Waals surface area contributed by atoms with Gasteiger partial charge in [-0.15, -0.1) is 0 Å². The monoisotopic (exact) mass is 293 g/mol. The van der Waals surface area contributed by atoms with Crippen LogP contribution < -0.4 is 10.2 Å². The minimum absolute atomic E-state index is 0.0172. The molecule has 0 spiro atoms. The smallest absolute Gasteiger partial charge is 0.493 e. The third-order valence-electron chi connectivity index (χ3n) is 1.85. The minimum Gasteiger partial charge on any atom is -0.493 e. The molecule has 0 heterocycles. The summed E-state index contributed by atoms with van der Waals surface area (Å²) in [7, 11) is -1.13. The van der Waals surface area contributed by atoms with E-state index < -0.39 is 29.0 Å². The molecule has 0 fully saturated rings. The van der Waals surface area contributed by atoms with E-state index in [4.69, 9.17) is 10.0 Å². The zero-order valence-electron chi connectivity index (χ0n) is 7.98. The van der Waals surface area contributed by atoms with Crippen molar-refractivity contribution in [1.29, 1.82) is 0 Å². The predicted molar refractivity (Wildman–Crippen MR) is 57.1 cm³/mol. The fourth-order valence-electron chi connectivity index (χ4n) is 1.19. The van der Waals surface area contributed by atoms with Gasteiger partial charge < -0.3 is 14.8 Å². The molecule has 0 amide bonds. The minimum atomic E-state index is -2.29. The van der Waals surface area contributed by atoms with Crippen molar-refractivity contribution in [2.75, 3.05) is 7.11 Å². The Morgan fingerprint density at radius 3 is 2.56 bits per heavy atom. The van der Waals surface area contributed by atoms with Crippen LogP contribution >= 0.6 is 15.9 Å². The molecular formula is C7H6BBrFNO5. The summed E-state index contributed by atoms with van der Waals surface area (Å²) in [6, 6.07) is 0.941. The molecule has 0 aliphatic carbocycles. The second-order valence-corrected chi connectivity index (χ2v) is 3.62. The average Bonchev–Trinajstić information content (AvgIpc) is 2.16. The van der Waals surface area contributed by atoms with E-state index in [0.29, 0.717) is 0 Å². The van der Waals surface area contributed by atoms with Gasteiger partial charge in [0.05, 0.1) is 22.0 Å². The third-order valence-corrected chi connectivity index (χ3v) is 2.44. The van der Waals surface area contributed by atoms with Crippen LogP contribution in [0.25, 0.3) is 0 Å². The molecule has 0 radical (unpaired) electrons. The second kappa shape index (κ2) is 4.77. The van der Waals surface area contributed by atoms with Crippen LogP contribution in [0.15, 0.2) is 10.5 Å². The first-order valence-electron chi connectivity index (χ1n) is 3.96. The molecule has 0 aliphatic heterocycles. The summed E-state index contributed by atoms with van der Waals surface area (Å²) in [6.07, 6.45) is 0. The average molecular weight is 294 g/mol. The summed E-state index contributed by atoms with van der Waals surface area (Å²) >= 11 is 2.88. The summed E-state index contributed by atoms with van der Waals surface area (Å²) in [5.41, 5.74) is -1.56. The Morgan fingerprint density at radius 1 is 1.62 bits per heavy atom. The Hall–Kier alpha value is -1.19. The summed E-state index contributed by atoms with van der Waals surface area (Å²) < 4.78 is 18.3. The molecule has 1 rings (SSSR count). The number of nitro benzene ring substituents is 1. The molecule has 0 bridgehead atoms. The number of hydrogen-bond acceptors (Lipinski definition) is 5. The summed E-state index contributed by atoms with van der Waals surface area (Å²) in [6.45, 7) is 0. The molecule has 0 atom stereocenters. The molecule has 0 aromatic heterocycles. The van der Waals surface area contributed by atoms with E-state index in [1.165, 1.54) is 0 Å². The number of ether oxygens (including phenoxy) is 1. The molecule has 0 saturated carbocycles. The molecule has 6 nitrogen and oxygen atoms in total. The summed E-state index contributed by atoms with van der Waals surface area (Å²) in [5, 5.41) is 28.4. The van der Waals surface area contributed by atoms with Crippen molar-refractivity contribution in [1.82, 2.24) is 0 Å². The second-order valence-electron chi connectivity index (χ2n) is 2.77. The van der Waals surface area contributed by atoms with Gasteiger partial charge in [-0.2, -0.15) is 0 Å². The van der Waals surface area contributed by atoms with E-state index in [0.717, 1.165) is 13.2 Å². The van der Waals surface area contributed by atoms with Crippen molar-refractivity contribution in [2.24, 2.45) is 0 Å². The lowest BCUT2D eigenvalue weighted by Gasteiger charge is -2.09. The molecule has 1 aromatic carbocycles. The van der Waals surface area contributed by atoms with Gasteiger partial charge >= 0.3 is 7.12 Å². The van der Waals surface area contributed by atoms with Gasteiger partial charge in [0.15, 0.2) is 11.6 Å². The molecule has 86 valence electrons. The number of nitrogens with zero attached hydrogens (tertiary/aromatic N) is 1. The number of methoxy groups -OCH3 is 1. The Bertz CT molecular complexity index is 441. The van der Waals surface area contributed by atoms with E-state index in [-0.39, 0.29) is 10.2 Å². The topological polar surface area (TPSA) is 92.8 Å². The van der Waals surface area contributed by atoms with E-state index in [1.54, 1.807) is 0 Å². The van der Waals surface area contributed by atoms with Crippen molar-refractivity contribution in [3.63, 3.8) is 0 Å². The van der Waals surface area contributed by atoms with Gasteiger partial charge in [0.2, 0.25) is 0 Å². The van der Waals surface area contributed by atoms with Gasteiger partial charge in [-0.1, -0.05) is 0 Å². The van der Waals surface area contributed by atoms with Crippen LogP contribution in [0, 0.1) is 15.9 Å². The number of hydrogen-bond donors (Lipinski definition) is 2. The zero-order chi connectivity index (χ0) is 12.5. The van der Waals surface area contributed by atoms with Crippen LogP contribution in [0.2, 0.25) is 0 Å². The van der Waals surface area contributed by atoms with E-state index in [1.807, 2.05) is 0 Å². The Balaban J connectivity index is 3.59. The fraction of sp³-hybridized carbons (Fsp3) is 0.143. The summed E-state index contributed by atoms with van der Waals surface area (Å²) in [4.78, 5) is 9.67. The first-order valence-corrected chi connectivity index (χ1v) is 4.75. The highest BCUT2D eigenvalue weighted by Crippen LogP contribution is 2.30. The highest BCUT2D eigenvalue weighted by molar-refractivity contribution is 9.10. The molecule has 9 heteroatoms. The number of halogens is 2. The van der Waals surface area contributed by atoms with Crippen LogP contribution in [-0.4, -0.2) is 29.2 Å². The maximum Gasteiger partial charge on any atom is 0.498 e. The van der Waals surface area contributed by atoms with Crippen molar-refractivity contribution in [2.45, 2.75) is 0 Å². The molecular weight excluding hydrogens is 288 g/mol. The van der Waals surface area contributed by atoms with Crippen LogP contribution in [0.5, 0.6) is 5.75 Å². The first-order chi connectivity index (χ1) is 7.40. The Kier molecular flexibility index (Phi) is 3.84.